The molecule has 2 aliphatic rings. The first kappa shape index (κ1) is 7.73. The van der Waals surface area contributed by atoms with Gasteiger partial charge in [-0.3, -0.25) is 14.5 Å². The Morgan fingerprint density at radius 3 is 3.00 bits per heavy atom. The summed E-state index contributed by atoms with van der Waals surface area (Å²) in [5, 5.41) is 0. The van der Waals surface area contributed by atoms with E-state index in [0.29, 0.717) is 6.54 Å². The summed E-state index contributed by atoms with van der Waals surface area (Å²) in [6.45, 7) is 1.87. The first-order chi connectivity index (χ1) is 5.68. The number of rotatable bonds is 0. The third-order valence-electron chi connectivity index (χ3n) is 2.42. The van der Waals surface area contributed by atoms with E-state index in [1.165, 1.54) is 11.8 Å². The van der Waals surface area contributed by atoms with Gasteiger partial charge in [0.05, 0.1) is 12.6 Å². The Balaban J connectivity index is 2.18. The highest BCUT2D eigenvalue weighted by atomic mass is 16.5. The van der Waals surface area contributed by atoms with Crippen molar-refractivity contribution in [3.05, 3.63) is 0 Å². The highest BCUT2D eigenvalue weighted by Crippen LogP contribution is 2.27. The molecule has 2 fully saturated rings. The monoisotopic (exact) mass is 169 g/mol. The zero-order chi connectivity index (χ0) is 8.72. The molecule has 0 aromatic carbocycles. The molecule has 0 aliphatic carbocycles. The SMILES string of the molecule is CC(=O)N1CC2CCC(O2)C1=O. The van der Waals surface area contributed by atoms with Crippen LogP contribution in [0.2, 0.25) is 0 Å². The van der Waals surface area contributed by atoms with Crippen LogP contribution in [0.25, 0.3) is 0 Å². The lowest BCUT2D eigenvalue weighted by molar-refractivity contribution is -0.160. The van der Waals surface area contributed by atoms with Crippen LogP contribution < -0.4 is 0 Å². The number of morpholine rings is 1. The topological polar surface area (TPSA) is 46.6 Å². The largest absolute Gasteiger partial charge is 0.363 e. The van der Waals surface area contributed by atoms with E-state index in [4.69, 9.17) is 4.74 Å². The van der Waals surface area contributed by atoms with Crippen LogP contribution in [0.15, 0.2) is 0 Å². The van der Waals surface area contributed by atoms with Crippen LogP contribution in [0.4, 0.5) is 0 Å². The predicted octanol–water partition coefficient (Wildman–Crippen LogP) is -0.0773. The van der Waals surface area contributed by atoms with Gasteiger partial charge in [-0.15, -0.1) is 0 Å². The molecule has 2 heterocycles. The molecule has 2 saturated heterocycles. The van der Waals surface area contributed by atoms with Crippen molar-refractivity contribution in [2.24, 2.45) is 0 Å². The fourth-order valence-corrected chi connectivity index (χ4v) is 1.77. The summed E-state index contributed by atoms with van der Waals surface area (Å²) in [5.41, 5.74) is 0. The van der Waals surface area contributed by atoms with E-state index in [-0.39, 0.29) is 24.0 Å². The minimum absolute atomic E-state index is 0.0941. The maximum absolute atomic E-state index is 11.4. The summed E-state index contributed by atoms with van der Waals surface area (Å²) in [7, 11) is 0. The lowest BCUT2D eigenvalue weighted by Crippen LogP contribution is -2.49. The molecule has 4 nitrogen and oxygen atoms in total. The molecule has 2 amide bonds. The quantitative estimate of drug-likeness (QED) is 0.509. The number of hydrogen-bond donors (Lipinski definition) is 0. The Labute approximate surface area is 70.5 Å². The Hall–Kier alpha value is -0.900. The summed E-state index contributed by atoms with van der Waals surface area (Å²) in [6.07, 6.45) is 1.43. The average Bonchev–Trinajstić information content (AvgIpc) is 2.41. The molecule has 66 valence electrons. The number of carbonyl (C=O) groups is 2. The van der Waals surface area contributed by atoms with Gasteiger partial charge in [0, 0.05) is 6.92 Å². The van der Waals surface area contributed by atoms with Crippen molar-refractivity contribution in [3.63, 3.8) is 0 Å². The fraction of sp³-hybridized carbons (Fsp3) is 0.750. The molecule has 2 unspecified atom stereocenters. The first-order valence-electron chi connectivity index (χ1n) is 4.16. The molecule has 2 atom stereocenters. The predicted molar refractivity (Wildman–Crippen MR) is 40.3 cm³/mol. The minimum Gasteiger partial charge on any atom is -0.363 e. The van der Waals surface area contributed by atoms with Crippen molar-refractivity contribution < 1.29 is 14.3 Å². The van der Waals surface area contributed by atoms with Crippen LogP contribution >= 0.6 is 0 Å². The first-order valence-corrected chi connectivity index (χ1v) is 4.16. The van der Waals surface area contributed by atoms with Crippen LogP contribution in [0.5, 0.6) is 0 Å². The van der Waals surface area contributed by atoms with Crippen molar-refractivity contribution in [1.29, 1.82) is 0 Å². The Bertz CT molecular complexity index is 238. The van der Waals surface area contributed by atoms with Crippen molar-refractivity contribution in [1.82, 2.24) is 4.90 Å². The number of amides is 2. The van der Waals surface area contributed by atoms with Crippen LogP contribution in [-0.2, 0) is 14.3 Å². The second-order valence-corrected chi connectivity index (χ2v) is 3.29. The van der Waals surface area contributed by atoms with E-state index < -0.39 is 0 Å². The van der Waals surface area contributed by atoms with Gasteiger partial charge in [-0.05, 0) is 12.8 Å². The lowest BCUT2D eigenvalue weighted by atomic mass is 10.2. The van der Waals surface area contributed by atoms with E-state index in [9.17, 15) is 9.59 Å². The van der Waals surface area contributed by atoms with E-state index in [2.05, 4.69) is 0 Å². The van der Waals surface area contributed by atoms with Gasteiger partial charge >= 0.3 is 0 Å². The van der Waals surface area contributed by atoms with Gasteiger partial charge in [0.15, 0.2) is 0 Å². The molecule has 0 spiro atoms. The molecule has 0 aromatic heterocycles. The van der Waals surface area contributed by atoms with Gasteiger partial charge in [0.2, 0.25) is 5.91 Å². The zero-order valence-electron chi connectivity index (χ0n) is 6.95. The number of ether oxygens (including phenoxy) is 1. The summed E-state index contributed by atoms with van der Waals surface area (Å²) in [6, 6.07) is 0. The highest BCUT2D eigenvalue weighted by molar-refractivity contribution is 5.97. The second kappa shape index (κ2) is 2.55. The van der Waals surface area contributed by atoms with Gasteiger partial charge in [0.25, 0.3) is 5.91 Å². The summed E-state index contributed by atoms with van der Waals surface area (Å²) >= 11 is 0. The maximum atomic E-state index is 11.4. The van der Waals surface area contributed by atoms with E-state index in [0.717, 1.165) is 12.8 Å². The normalized spacial score (nSPS) is 34.1. The third-order valence-corrected chi connectivity index (χ3v) is 2.42. The number of hydrogen-bond acceptors (Lipinski definition) is 3. The smallest absolute Gasteiger partial charge is 0.258 e. The molecule has 0 radical (unpaired) electrons. The molecular weight excluding hydrogens is 158 g/mol. The standard InChI is InChI=1S/C8H11NO3/c1-5(10)9-4-6-2-3-7(12-6)8(9)11/h6-7H,2-4H2,1H3. The van der Waals surface area contributed by atoms with Crippen LogP contribution in [0.1, 0.15) is 19.8 Å². The number of likely N-dealkylation sites (tertiary alicyclic amines) is 1. The maximum Gasteiger partial charge on any atom is 0.258 e. The minimum atomic E-state index is -0.340. The summed E-state index contributed by atoms with van der Waals surface area (Å²) < 4.78 is 5.35. The fourth-order valence-electron chi connectivity index (χ4n) is 1.77. The van der Waals surface area contributed by atoms with E-state index >= 15 is 0 Å². The lowest BCUT2D eigenvalue weighted by Gasteiger charge is -2.29. The van der Waals surface area contributed by atoms with Crippen molar-refractivity contribution in [3.8, 4) is 0 Å². The average molecular weight is 169 g/mol. The van der Waals surface area contributed by atoms with Gasteiger partial charge in [-0.2, -0.15) is 0 Å². The molecule has 4 heteroatoms. The second-order valence-electron chi connectivity index (χ2n) is 3.29. The molecule has 12 heavy (non-hydrogen) atoms. The van der Waals surface area contributed by atoms with E-state index in [1.54, 1.807) is 0 Å². The van der Waals surface area contributed by atoms with E-state index in [1.807, 2.05) is 0 Å². The zero-order valence-corrected chi connectivity index (χ0v) is 6.95. The Morgan fingerprint density at radius 1 is 1.58 bits per heavy atom. The van der Waals surface area contributed by atoms with Crippen LogP contribution in [0.3, 0.4) is 0 Å². The molecule has 2 rings (SSSR count). The number of imide groups is 1. The van der Waals surface area contributed by atoms with Gasteiger partial charge < -0.3 is 4.74 Å². The van der Waals surface area contributed by atoms with Crippen LogP contribution in [-0.4, -0.2) is 35.5 Å². The molecular formula is C8H11NO3. The number of fused-ring (bicyclic) bond motifs is 2. The Kier molecular flexibility index (Phi) is 1.65. The number of nitrogens with zero attached hydrogens (tertiary/aromatic N) is 1. The molecule has 0 aromatic rings. The molecule has 2 aliphatic heterocycles. The van der Waals surface area contributed by atoms with Crippen LogP contribution in [0, 0.1) is 0 Å². The molecule has 0 N–H and O–H groups in total. The van der Waals surface area contributed by atoms with Gasteiger partial charge in [0.1, 0.15) is 6.10 Å². The van der Waals surface area contributed by atoms with Gasteiger partial charge in [-0.25, -0.2) is 0 Å². The van der Waals surface area contributed by atoms with Crippen molar-refractivity contribution >= 4 is 11.8 Å². The summed E-state index contributed by atoms with van der Waals surface area (Å²) in [5.74, 6) is -0.323. The number of carbonyl (C=O) groups excluding carboxylic acids is 2. The molecule has 0 saturated carbocycles. The Morgan fingerprint density at radius 2 is 2.33 bits per heavy atom. The third kappa shape index (κ3) is 1.03. The van der Waals surface area contributed by atoms with Crippen molar-refractivity contribution in [2.45, 2.75) is 32.0 Å². The molecule has 2 bridgehead atoms. The summed E-state index contributed by atoms with van der Waals surface area (Å²) in [4.78, 5) is 23.7. The highest BCUT2D eigenvalue weighted by Gasteiger charge is 2.41. The van der Waals surface area contributed by atoms with Crippen molar-refractivity contribution in [2.75, 3.05) is 6.54 Å². The van der Waals surface area contributed by atoms with Gasteiger partial charge in [-0.1, -0.05) is 0 Å².